The van der Waals surface area contributed by atoms with Crippen LogP contribution in [0.4, 0.5) is 10.1 Å². The number of carbonyl (C=O) groups is 2. The Morgan fingerprint density at radius 3 is 2.68 bits per heavy atom. The molecule has 146 valence electrons. The van der Waals surface area contributed by atoms with Gasteiger partial charge in [-0.1, -0.05) is 17.7 Å². The summed E-state index contributed by atoms with van der Waals surface area (Å²) in [5, 5.41) is 20.2. The highest BCUT2D eigenvalue weighted by Crippen LogP contribution is 2.24. The first-order valence-corrected chi connectivity index (χ1v) is 8.67. The summed E-state index contributed by atoms with van der Waals surface area (Å²) in [6.07, 6.45) is 1.36. The second-order valence-electron chi connectivity index (χ2n) is 6.16. The highest BCUT2D eigenvalue weighted by atomic mass is 35.5. The minimum atomic E-state index is -1.10. The number of rotatable bonds is 6. The average molecular weight is 406 g/mol. The van der Waals surface area contributed by atoms with Crippen molar-refractivity contribution in [3.05, 3.63) is 63.9 Å². The maximum Gasteiger partial charge on any atom is 0.325 e. The molecule has 2 N–H and O–H groups in total. The molecule has 0 fully saturated rings. The van der Waals surface area contributed by atoms with Crippen LogP contribution < -0.4 is 5.32 Å². The molecule has 0 aliphatic rings. The fourth-order valence-corrected chi connectivity index (χ4v) is 3.03. The maximum atomic E-state index is 13.2. The molecule has 0 spiro atoms. The van der Waals surface area contributed by atoms with Crippen molar-refractivity contribution in [2.24, 2.45) is 0 Å². The summed E-state index contributed by atoms with van der Waals surface area (Å²) in [6, 6.07) is 5.57. The Kier molecular flexibility index (Phi) is 5.46. The van der Waals surface area contributed by atoms with Crippen molar-refractivity contribution in [3.8, 4) is 0 Å². The van der Waals surface area contributed by atoms with E-state index in [2.05, 4.69) is 15.5 Å². The van der Waals surface area contributed by atoms with E-state index in [1.807, 2.05) is 0 Å². The molecule has 8 nitrogen and oxygen atoms in total. The summed E-state index contributed by atoms with van der Waals surface area (Å²) < 4.78 is 16.0. The lowest BCUT2D eigenvalue weighted by Gasteiger charge is -2.09. The zero-order chi connectivity index (χ0) is 20.4. The number of nitrogens with one attached hydrogen (secondary N) is 1. The van der Waals surface area contributed by atoms with E-state index >= 15 is 0 Å². The van der Waals surface area contributed by atoms with Gasteiger partial charge in [0.25, 0.3) is 5.91 Å². The predicted molar refractivity (Wildman–Crippen MR) is 100 cm³/mol. The van der Waals surface area contributed by atoms with Gasteiger partial charge >= 0.3 is 5.97 Å². The van der Waals surface area contributed by atoms with Crippen molar-refractivity contribution in [2.75, 3.05) is 5.32 Å². The number of amides is 1. The highest BCUT2D eigenvalue weighted by Gasteiger charge is 2.19. The number of aliphatic carboxylic acids is 1. The number of aryl methyl sites for hydroxylation is 1. The van der Waals surface area contributed by atoms with Gasteiger partial charge in [-0.15, -0.1) is 0 Å². The Morgan fingerprint density at radius 2 is 2.00 bits per heavy atom. The third kappa shape index (κ3) is 4.04. The monoisotopic (exact) mass is 405 g/mol. The zero-order valence-corrected chi connectivity index (χ0v) is 15.9. The van der Waals surface area contributed by atoms with Crippen molar-refractivity contribution in [2.45, 2.75) is 26.9 Å². The normalized spacial score (nSPS) is 10.9. The first-order valence-electron chi connectivity index (χ1n) is 8.29. The molecular formula is C18H17ClFN5O3. The van der Waals surface area contributed by atoms with Crippen LogP contribution >= 0.6 is 11.6 Å². The Bertz CT molecular complexity index is 1060. The minimum absolute atomic E-state index is 0.121. The van der Waals surface area contributed by atoms with Gasteiger partial charge in [0.15, 0.2) is 0 Å². The van der Waals surface area contributed by atoms with Gasteiger partial charge in [0.05, 0.1) is 23.6 Å². The van der Waals surface area contributed by atoms with Gasteiger partial charge < -0.3 is 10.4 Å². The molecule has 0 saturated heterocycles. The topological polar surface area (TPSA) is 102 Å². The molecule has 0 aliphatic carbocycles. The van der Waals surface area contributed by atoms with Gasteiger partial charge in [-0.05, 0) is 37.6 Å². The Hall–Kier alpha value is -3.20. The summed E-state index contributed by atoms with van der Waals surface area (Å²) in [5.41, 5.74) is 2.57. The molecule has 10 heteroatoms. The molecular weight excluding hydrogens is 389 g/mol. The number of anilines is 1. The summed E-state index contributed by atoms with van der Waals surface area (Å²) in [4.78, 5) is 23.5. The SMILES string of the molecule is Cc1nn(Cc2ccc(F)cc2Cl)c(C)c1NC(=O)c1ccnn1CC(=O)O. The molecule has 2 aromatic heterocycles. The molecule has 0 radical (unpaired) electrons. The lowest BCUT2D eigenvalue weighted by atomic mass is 10.2. The number of carbonyl (C=O) groups excluding carboxylic acids is 1. The van der Waals surface area contributed by atoms with Crippen LogP contribution in [0.2, 0.25) is 5.02 Å². The van der Waals surface area contributed by atoms with Crippen LogP contribution in [0.25, 0.3) is 0 Å². The summed E-state index contributed by atoms with van der Waals surface area (Å²) >= 11 is 6.08. The quantitative estimate of drug-likeness (QED) is 0.656. The van der Waals surface area contributed by atoms with Crippen LogP contribution in [-0.2, 0) is 17.9 Å². The van der Waals surface area contributed by atoms with Crippen LogP contribution in [0, 0.1) is 19.7 Å². The molecule has 0 bridgehead atoms. The zero-order valence-electron chi connectivity index (χ0n) is 15.1. The van der Waals surface area contributed by atoms with Crippen LogP contribution in [0.15, 0.2) is 30.5 Å². The van der Waals surface area contributed by atoms with Gasteiger partial charge in [-0.2, -0.15) is 10.2 Å². The van der Waals surface area contributed by atoms with Crippen LogP contribution in [0.1, 0.15) is 27.4 Å². The largest absolute Gasteiger partial charge is 0.480 e. The molecule has 28 heavy (non-hydrogen) atoms. The summed E-state index contributed by atoms with van der Waals surface area (Å²) in [5.74, 6) is -2.02. The third-order valence-corrected chi connectivity index (χ3v) is 4.54. The predicted octanol–water partition coefficient (Wildman–Crippen LogP) is 2.87. The molecule has 0 saturated carbocycles. The first-order chi connectivity index (χ1) is 13.3. The molecule has 0 atom stereocenters. The van der Waals surface area contributed by atoms with Gasteiger partial charge in [-0.25, -0.2) is 9.07 Å². The van der Waals surface area contributed by atoms with Gasteiger partial charge in [0.1, 0.15) is 18.1 Å². The molecule has 3 rings (SSSR count). The molecule has 2 heterocycles. The Balaban J connectivity index is 1.83. The smallest absolute Gasteiger partial charge is 0.325 e. The number of benzene rings is 1. The molecule has 0 unspecified atom stereocenters. The number of nitrogens with zero attached hydrogens (tertiary/aromatic N) is 4. The van der Waals surface area contributed by atoms with Gasteiger partial charge in [-0.3, -0.25) is 14.3 Å². The van der Waals surface area contributed by atoms with Gasteiger partial charge in [0.2, 0.25) is 0 Å². The second kappa shape index (κ2) is 7.81. The van der Waals surface area contributed by atoms with E-state index in [0.29, 0.717) is 29.2 Å². The van der Waals surface area contributed by atoms with E-state index in [-0.39, 0.29) is 10.7 Å². The first kappa shape index (κ1) is 19.6. The van der Waals surface area contributed by atoms with Crippen molar-refractivity contribution in [1.29, 1.82) is 0 Å². The van der Waals surface area contributed by atoms with Crippen LogP contribution in [-0.4, -0.2) is 36.5 Å². The third-order valence-electron chi connectivity index (χ3n) is 4.19. The van der Waals surface area contributed by atoms with Crippen LogP contribution in [0.3, 0.4) is 0 Å². The van der Waals surface area contributed by atoms with Gasteiger partial charge in [0, 0.05) is 11.2 Å². The molecule has 1 amide bonds. The van der Waals surface area contributed by atoms with Crippen molar-refractivity contribution in [1.82, 2.24) is 19.6 Å². The maximum absolute atomic E-state index is 13.2. The van der Waals surface area contributed by atoms with Crippen molar-refractivity contribution < 1.29 is 19.1 Å². The summed E-state index contributed by atoms with van der Waals surface area (Å²) in [6.45, 7) is 3.40. The van der Waals surface area contributed by atoms with Crippen LogP contribution in [0.5, 0.6) is 0 Å². The fraction of sp³-hybridized carbons (Fsp3) is 0.222. The lowest BCUT2D eigenvalue weighted by molar-refractivity contribution is -0.137. The van der Waals surface area contributed by atoms with E-state index in [9.17, 15) is 14.0 Å². The standard InChI is InChI=1S/C18H17ClFN5O3/c1-10-17(22-18(28)15-5-6-21-25(15)9-16(26)27)11(2)24(23-10)8-12-3-4-13(20)7-14(12)19/h3-7H,8-9H2,1-2H3,(H,22,28)(H,26,27). The minimum Gasteiger partial charge on any atom is -0.480 e. The Labute approximate surface area is 164 Å². The number of carboxylic acids is 1. The van der Waals surface area contributed by atoms with E-state index in [0.717, 1.165) is 4.68 Å². The van der Waals surface area contributed by atoms with E-state index in [1.165, 1.54) is 24.4 Å². The van der Waals surface area contributed by atoms with E-state index in [4.69, 9.17) is 16.7 Å². The molecule has 3 aromatic rings. The summed E-state index contributed by atoms with van der Waals surface area (Å²) in [7, 11) is 0. The second-order valence-corrected chi connectivity index (χ2v) is 6.57. The number of aromatic nitrogens is 4. The number of carboxylic acid groups (broad SMARTS) is 1. The fourth-order valence-electron chi connectivity index (χ4n) is 2.80. The highest BCUT2D eigenvalue weighted by molar-refractivity contribution is 6.31. The molecule has 1 aromatic carbocycles. The number of halogens is 2. The molecule has 0 aliphatic heterocycles. The van der Waals surface area contributed by atoms with E-state index < -0.39 is 24.2 Å². The average Bonchev–Trinajstić information content (AvgIpc) is 3.17. The lowest BCUT2D eigenvalue weighted by Crippen LogP contribution is -2.21. The number of hydrogen-bond donors (Lipinski definition) is 2. The van der Waals surface area contributed by atoms with E-state index in [1.54, 1.807) is 24.6 Å². The Morgan fingerprint density at radius 1 is 1.25 bits per heavy atom. The van der Waals surface area contributed by atoms with Crippen molar-refractivity contribution in [3.63, 3.8) is 0 Å². The van der Waals surface area contributed by atoms with Crippen molar-refractivity contribution >= 4 is 29.2 Å². The number of hydrogen-bond acceptors (Lipinski definition) is 4.